The van der Waals surface area contributed by atoms with Crippen LogP contribution in [-0.4, -0.2) is 14.5 Å². The van der Waals surface area contributed by atoms with Crippen molar-refractivity contribution >= 4 is 21.9 Å². The Morgan fingerprint density at radius 2 is 1.73 bits per heavy atom. The number of halogens is 1. The van der Waals surface area contributed by atoms with E-state index < -0.39 is 0 Å². The Balaban J connectivity index is 1.84. The molecule has 26 heavy (non-hydrogen) atoms. The Labute approximate surface area is 149 Å². The maximum Gasteiger partial charge on any atom is 0.145 e. The van der Waals surface area contributed by atoms with E-state index in [2.05, 4.69) is 45.9 Å². The molecule has 2 aromatic carbocycles. The average molecular weight is 341 g/mol. The third kappa shape index (κ3) is 2.30. The van der Waals surface area contributed by atoms with Crippen LogP contribution >= 0.6 is 0 Å². The smallest absolute Gasteiger partial charge is 0.145 e. The van der Waals surface area contributed by atoms with E-state index in [4.69, 9.17) is 4.98 Å². The molecule has 5 aromatic rings. The van der Waals surface area contributed by atoms with E-state index in [1.165, 1.54) is 12.1 Å². The zero-order valence-corrected chi connectivity index (χ0v) is 14.2. The van der Waals surface area contributed by atoms with Crippen molar-refractivity contribution in [3.05, 3.63) is 84.4 Å². The topological polar surface area (TPSA) is 33.6 Å². The number of benzene rings is 2. The number of H-pyrrole nitrogens is 1. The van der Waals surface area contributed by atoms with Gasteiger partial charge in [-0.1, -0.05) is 0 Å². The number of nitrogens with zero attached hydrogens (tertiary/aromatic N) is 2. The standard InChI is InChI=1S/C22H16FN3/c1-14-2-3-17-13-21(15-4-6-18(23)7-5-15)26(22(17)25-14)19-8-9-20-16(12-19)10-11-24-20/h2-13,24H,1H3. The SMILES string of the molecule is Cc1ccc2cc(-c3ccc(F)cc3)n(-c3ccc4[nH]ccc4c3)c2n1. The summed E-state index contributed by atoms with van der Waals surface area (Å²) in [5.74, 6) is -0.237. The van der Waals surface area contributed by atoms with Crippen molar-refractivity contribution < 1.29 is 4.39 Å². The number of hydrogen-bond acceptors (Lipinski definition) is 1. The second-order valence-corrected chi connectivity index (χ2v) is 6.49. The minimum absolute atomic E-state index is 0.237. The van der Waals surface area contributed by atoms with Crippen LogP contribution in [-0.2, 0) is 0 Å². The number of pyridine rings is 1. The largest absolute Gasteiger partial charge is 0.361 e. The molecule has 0 atom stereocenters. The van der Waals surface area contributed by atoms with Crippen LogP contribution in [0.1, 0.15) is 5.69 Å². The Kier molecular flexibility index (Phi) is 3.19. The van der Waals surface area contributed by atoms with Crippen LogP contribution in [0.3, 0.4) is 0 Å². The predicted molar refractivity (Wildman–Crippen MR) is 103 cm³/mol. The van der Waals surface area contributed by atoms with Gasteiger partial charge in [0, 0.05) is 33.9 Å². The minimum atomic E-state index is -0.237. The van der Waals surface area contributed by atoms with Crippen LogP contribution in [0.5, 0.6) is 0 Å². The Hall–Kier alpha value is -3.40. The molecule has 0 radical (unpaired) electrons. The number of rotatable bonds is 2. The molecule has 5 rings (SSSR count). The van der Waals surface area contributed by atoms with Gasteiger partial charge in [-0.3, -0.25) is 4.57 Å². The fourth-order valence-corrected chi connectivity index (χ4v) is 3.45. The first kappa shape index (κ1) is 14.9. The van der Waals surface area contributed by atoms with E-state index in [-0.39, 0.29) is 5.82 Å². The zero-order chi connectivity index (χ0) is 17.7. The lowest BCUT2D eigenvalue weighted by molar-refractivity contribution is 0.628. The van der Waals surface area contributed by atoms with Crippen molar-refractivity contribution in [2.45, 2.75) is 6.92 Å². The molecule has 3 nitrogen and oxygen atoms in total. The molecule has 0 spiro atoms. The van der Waals surface area contributed by atoms with Gasteiger partial charge in [-0.25, -0.2) is 9.37 Å². The van der Waals surface area contributed by atoms with Gasteiger partial charge in [0.1, 0.15) is 11.5 Å². The van der Waals surface area contributed by atoms with Crippen molar-refractivity contribution in [2.75, 3.05) is 0 Å². The van der Waals surface area contributed by atoms with E-state index >= 15 is 0 Å². The van der Waals surface area contributed by atoms with Gasteiger partial charge in [-0.15, -0.1) is 0 Å². The number of nitrogens with one attached hydrogen (secondary N) is 1. The van der Waals surface area contributed by atoms with Crippen LogP contribution in [0.15, 0.2) is 72.9 Å². The third-order valence-electron chi connectivity index (χ3n) is 4.72. The van der Waals surface area contributed by atoms with Gasteiger partial charge in [0.2, 0.25) is 0 Å². The summed E-state index contributed by atoms with van der Waals surface area (Å²) >= 11 is 0. The molecule has 0 fully saturated rings. The van der Waals surface area contributed by atoms with E-state index in [0.717, 1.165) is 44.6 Å². The molecule has 0 aliphatic carbocycles. The third-order valence-corrected chi connectivity index (χ3v) is 4.72. The van der Waals surface area contributed by atoms with Gasteiger partial charge < -0.3 is 4.98 Å². The number of aryl methyl sites for hydroxylation is 1. The lowest BCUT2D eigenvalue weighted by Gasteiger charge is -2.11. The van der Waals surface area contributed by atoms with Crippen molar-refractivity contribution in [3.8, 4) is 16.9 Å². The van der Waals surface area contributed by atoms with Gasteiger partial charge in [0.05, 0.1) is 5.69 Å². The number of fused-ring (bicyclic) bond motifs is 2. The monoisotopic (exact) mass is 341 g/mol. The summed E-state index contributed by atoms with van der Waals surface area (Å²) in [4.78, 5) is 7.99. The number of aromatic nitrogens is 3. The molecule has 3 heterocycles. The van der Waals surface area contributed by atoms with E-state index in [0.29, 0.717) is 0 Å². The van der Waals surface area contributed by atoms with Gasteiger partial charge >= 0.3 is 0 Å². The second-order valence-electron chi connectivity index (χ2n) is 6.49. The molecule has 3 aromatic heterocycles. The molecule has 1 N–H and O–H groups in total. The van der Waals surface area contributed by atoms with E-state index in [1.807, 2.05) is 31.3 Å². The van der Waals surface area contributed by atoms with Crippen LogP contribution < -0.4 is 0 Å². The van der Waals surface area contributed by atoms with Crippen LogP contribution in [0.2, 0.25) is 0 Å². The minimum Gasteiger partial charge on any atom is -0.361 e. The fraction of sp³-hybridized carbons (Fsp3) is 0.0455. The summed E-state index contributed by atoms with van der Waals surface area (Å²) < 4.78 is 15.5. The van der Waals surface area contributed by atoms with Crippen LogP contribution in [0, 0.1) is 12.7 Å². The first-order chi connectivity index (χ1) is 12.7. The summed E-state index contributed by atoms with van der Waals surface area (Å²) in [6, 6.07) is 21.1. The molecule has 126 valence electrons. The first-order valence-corrected chi connectivity index (χ1v) is 8.52. The summed E-state index contributed by atoms with van der Waals surface area (Å²) in [5.41, 5.74) is 5.94. The Morgan fingerprint density at radius 1 is 0.885 bits per heavy atom. The summed E-state index contributed by atoms with van der Waals surface area (Å²) in [6.07, 6.45) is 1.94. The quantitative estimate of drug-likeness (QED) is 0.444. The summed E-state index contributed by atoms with van der Waals surface area (Å²) in [5, 5.41) is 2.20. The summed E-state index contributed by atoms with van der Waals surface area (Å²) in [7, 11) is 0. The van der Waals surface area contributed by atoms with E-state index in [1.54, 1.807) is 0 Å². The highest BCUT2D eigenvalue weighted by atomic mass is 19.1. The Morgan fingerprint density at radius 3 is 2.58 bits per heavy atom. The molecule has 0 amide bonds. The van der Waals surface area contributed by atoms with Gasteiger partial charge in [-0.2, -0.15) is 0 Å². The van der Waals surface area contributed by atoms with Gasteiger partial charge in [0.15, 0.2) is 0 Å². The lowest BCUT2D eigenvalue weighted by Crippen LogP contribution is -1.98. The number of aromatic amines is 1. The molecule has 0 bridgehead atoms. The van der Waals surface area contributed by atoms with E-state index in [9.17, 15) is 4.39 Å². The molecule has 0 saturated carbocycles. The molecular formula is C22H16FN3. The van der Waals surface area contributed by atoms with Crippen molar-refractivity contribution in [1.82, 2.24) is 14.5 Å². The maximum atomic E-state index is 13.4. The fourth-order valence-electron chi connectivity index (χ4n) is 3.45. The summed E-state index contributed by atoms with van der Waals surface area (Å²) in [6.45, 7) is 1.99. The van der Waals surface area contributed by atoms with Gasteiger partial charge in [0.25, 0.3) is 0 Å². The first-order valence-electron chi connectivity index (χ1n) is 8.52. The molecule has 0 aliphatic rings. The molecule has 4 heteroatoms. The molecule has 0 saturated heterocycles. The van der Waals surface area contributed by atoms with Crippen LogP contribution in [0.4, 0.5) is 4.39 Å². The average Bonchev–Trinajstić information content (AvgIpc) is 3.25. The predicted octanol–water partition coefficient (Wildman–Crippen LogP) is 5.62. The molecule has 0 aliphatic heterocycles. The van der Waals surface area contributed by atoms with Crippen molar-refractivity contribution in [3.63, 3.8) is 0 Å². The van der Waals surface area contributed by atoms with Crippen molar-refractivity contribution in [2.24, 2.45) is 0 Å². The lowest BCUT2D eigenvalue weighted by atomic mass is 10.1. The zero-order valence-electron chi connectivity index (χ0n) is 14.2. The van der Waals surface area contributed by atoms with Gasteiger partial charge in [-0.05, 0) is 79.2 Å². The normalized spacial score (nSPS) is 11.5. The second kappa shape index (κ2) is 5.56. The highest BCUT2D eigenvalue weighted by molar-refractivity contribution is 5.88. The highest BCUT2D eigenvalue weighted by Crippen LogP contribution is 2.32. The van der Waals surface area contributed by atoms with Crippen molar-refractivity contribution in [1.29, 1.82) is 0 Å². The number of hydrogen-bond donors (Lipinski definition) is 1. The Bertz CT molecular complexity index is 1250. The van der Waals surface area contributed by atoms with Crippen LogP contribution in [0.25, 0.3) is 38.9 Å². The maximum absolute atomic E-state index is 13.4. The highest BCUT2D eigenvalue weighted by Gasteiger charge is 2.14. The molecule has 0 unspecified atom stereocenters. The molecular weight excluding hydrogens is 325 g/mol.